The molecule has 17 heavy (non-hydrogen) atoms. The number of ether oxygens (including phenoxy) is 2. The summed E-state index contributed by atoms with van der Waals surface area (Å²) < 4.78 is 10.8. The average molecular weight is 237 g/mol. The Labute approximate surface area is 102 Å². The van der Waals surface area contributed by atoms with Crippen LogP contribution in [0.3, 0.4) is 0 Å². The normalized spacial score (nSPS) is 24.4. The molecule has 5 heteroatoms. The van der Waals surface area contributed by atoms with Crippen molar-refractivity contribution in [2.45, 2.75) is 19.1 Å². The van der Waals surface area contributed by atoms with E-state index in [0.29, 0.717) is 5.88 Å². The molecule has 1 aliphatic rings. The van der Waals surface area contributed by atoms with Crippen LogP contribution in [0.25, 0.3) is 0 Å². The molecular weight excluding hydrogens is 218 g/mol. The highest BCUT2D eigenvalue weighted by atomic mass is 16.5. The van der Waals surface area contributed by atoms with Gasteiger partial charge in [0.2, 0.25) is 5.88 Å². The number of anilines is 1. The van der Waals surface area contributed by atoms with Gasteiger partial charge in [-0.1, -0.05) is 6.07 Å². The van der Waals surface area contributed by atoms with E-state index in [9.17, 15) is 0 Å². The summed E-state index contributed by atoms with van der Waals surface area (Å²) in [4.78, 5) is 4.29. The molecule has 0 aliphatic carbocycles. The molecule has 1 aromatic rings. The molecule has 0 unspecified atom stereocenters. The summed E-state index contributed by atoms with van der Waals surface area (Å²) in [6.45, 7) is 4.62. The topological polar surface area (TPSA) is 55.4 Å². The number of methoxy groups -OCH3 is 1. The quantitative estimate of drug-likeness (QED) is 0.814. The van der Waals surface area contributed by atoms with Crippen molar-refractivity contribution in [1.82, 2.24) is 10.3 Å². The number of aromatic nitrogens is 1. The van der Waals surface area contributed by atoms with Crippen molar-refractivity contribution in [3.05, 3.63) is 18.2 Å². The third-order valence-electron chi connectivity index (χ3n) is 2.67. The largest absolute Gasteiger partial charge is 0.481 e. The summed E-state index contributed by atoms with van der Waals surface area (Å²) in [7, 11) is 1.61. The minimum absolute atomic E-state index is 0.187. The number of nitrogens with zero attached hydrogens (tertiary/aromatic N) is 1. The standard InChI is InChI=1S/C12H19N3O2/c1-9-6-13-7-10(17-9)8-14-11-4-3-5-12(15-11)16-2/h3-5,9-10,13H,6-8H2,1-2H3,(H,14,15)/t9-,10+/m1/s1. The van der Waals surface area contributed by atoms with Crippen LogP contribution in [0.15, 0.2) is 18.2 Å². The highest BCUT2D eigenvalue weighted by Gasteiger charge is 2.18. The van der Waals surface area contributed by atoms with Crippen LogP contribution in [-0.4, -0.2) is 43.9 Å². The second-order valence-corrected chi connectivity index (χ2v) is 4.17. The molecule has 2 N–H and O–H groups in total. The minimum Gasteiger partial charge on any atom is -0.481 e. The third-order valence-corrected chi connectivity index (χ3v) is 2.67. The van der Waals surface area contributed by atoms with E-state index in [4.69, 9.17) is 9.47 Å². The summed E-state index contributed by atoms with van der Waals surface area (Å²) in [5.74, 6) is 1.43. The van der Waals surface area contributed by atoms with E-state index in [1.807, 2.05) is 18.2 Å². The molecule has 1 saturated heterocycles. The minimum atomic E-state index is 0.187. The molecule has 2 atom stereocenters. The first-order chi connectivity index (χ1) is 8.28. The van der Waals surface area contributed by atoms with Crippen molar-refractivity contribution >= 4 is 5.82 Å². The predicted molar refractivity (Wildman–Crippen MR) is 66.5 cm³/mol. The third kappa shape index (κ3) is 3.57. The van der Waals surface area contributed by atoms with Gasteiger partial charge in [-0.3, -0.25) is 0 Å². The fourth-order valence-corrected chi connectivity index (χ4v) is 1.84. The first-order valence-electron chi connectivity index (χ1n) is 5.89. The zero-order chi connectivity index (χ0) is 12.1. The Bertz CT molecular complexity index is 359. The van der Waals surface area contributed by atoms with Crippen molar-refractivity contribution in [3.8, 4) is 5.88 Å². The zero-order valence-electron chi connectivity index (χ0n) is 10.3. The Kier molecular flexibility index (Phi) is 4.17. The predicted octanol–water partition coefficient (Wildman–Crippen LogP) is 0.879. The van der Waals surface area contributed by atoms with Gasteiger partial charge in [0, 0.05) is 25.7 Å². The summed E-state index contributed by atoms with van der Waals surface area (Å²) in [5.41, 5.74) is 0. The first-order valence-corrected chi connectivity index (χ1v) is 5.89. The van der Waals surface area contributed by atoms with Crippen LogP contribution < -0.4 is 15.4 Å². The summed E-state index contributed by atoms with van der Waals surface area (Å²) in [6.07, 6.45) is 0.459. The second-order valence-electron chi connectivity index (χ2n) is 4.17. The summed E-state index contributed by atoms with van der Waals surface area (Å²) >= 11 is 0. The molecule has 94 valence electrons. The van der Waals surface area contributed by atoms with Crippen molar-refractivity contribution in [2.75, 3.05) is 32.1 Å². The van der Waals surface area contributed by atoms with Crippen molar-refractivity contribution in [2.24, 2.45) is 0 Å². The van der Waals surface area contributed by atoms with Gasteiger partial charge in [0.25, 0.3) is 0 Å². The van der Waals surface area contributed by atoms with E-state index >= 15 is 0 Å². The van der Waals surface area contributed by atoms with Gasteiger partial charge in [-0.2, -0.15) is 4.98 Å². The Morgan fingerprint density at radius 2 is 2.41 bits per heavy atom. The fourth-order valence-electron chi connectivity index (χ4n) is 1.84. The molecule has 0 bridgehead atoms. The van der Waals surface area contributed by atoms with Crippen LogP contribution >= 0.6 is 0 Å². The average Bonchev–Trinajstić information content (AvgIpc) is 2.37. The monoisotopic (exact) mass is 237 g/mol. The number of rotatable bonds is 4. The van der Waals surface area contributed by atoms with E-state index in [-0.39, 0.29) is 12.2 Å². The number of pyridine rings is 1. The highest BCUT2D eigenvalue weighted by Crippen LogP contribution is 2.11. The van der Waals surface area contributed by atoms with E-state index < -0.39 is 0 Å². The lowest BCUT2D eigenvalue weighted by atomic mass is 10.2. The van der Waals surface area contributed by atoms with Crippen LogP contribution in [-0.2, 0) is 4.74 Å². The maximum absolute atomic E-state index is 5.78. The molecule has 2 rings (SSSR count). The lowest BCUT2D eigenvalue weighted by molar-refractivity contribution is -0.0196. The molecule has 0 amide bonds. The Hall–Kier alpha value is -1.33. The van der Waals surface area contributed by atoms with Crippen LogP contribution in [0.5, 0.6) is 5.88 Å². The summed E-state index contributed by atoms with van der Waals surface area (Å²) in [6, 6.07) is 5.66. The maximum atomic E-state index is 5.78. The molecule has 1 fully saturated rings. The van der Waals surface area contributed by atoms with Crippen LogP contribution in [0.2, 0.25) is 0 Å². The van der Waals surface area contributed by atoms with Gasteiger partial charge in [-0.05, 0) is 13.0 Å². The van der Waals surface area contributed by atoms with Gasteiger partial charge in [-0.25, -0.2) is 0 Å². The SMILES string of the molecule is COc1cccc(NC[C@@H]2CNC[C@@H](C)O2)n1. The van der Waals surface area contributed by atoms with Crippen LogP contribution in [0.4, 0.5) is 5.82 Å². The van der Waals surface area contributed by atoms with Gasteiger partial charge < -0.3 is 20.1 Å². The molecule has 0 saturated carbocycles. The molecule has 0 spiro atoms. The molecular formula is C12H19N3O2. The van der Waals surface area contributed by atoms with Gasteiger partial charge in [0.15, 0.2) is 0 Å². The number of hydrogen-bond acceptors (Lipinski definition) is 5. The van der Waals surface area contributed by atoms with E-state index in [0.717, 1.165) is 25.5 Å². The second kappa shape index (κ2) is 5.84. The number of morpholine rings is 1. The fraction of sp³-hybridized carbons (Fsp3) is 0.583. The molecule has 0 radical (unpaired) electrons. The van der Waals surface area contributed by atoms with Crippen molar-refractivity contribution < 1.29 is 9.47 Å². The van der Waals surface area contributed by atoms with Gasteiger partial charge in [-0.15, -0.1) is 0 Å². The molecule has 1 aromatic heterocycles. The highest BCUT2D eigenvalue weighted by molar-refractivity contribution is 5.37. The van der Waals surface area contributed by atoms with Gasteiger partial charge >= 0.3 is 0 Å². The van der Waals surface area contributed by atoms with Crippen LogP contribution in [0.1, 0.15) is 6.92 Å². The Balaban J connectivity index is 1.84. The van der Waals surface area contributed by atoms with E-state index in [1.165, 1.54) is 0 Å². The lowest BCUT2D eigenvalue weighted by Gasteiger charge is -2.28. The maximum Gasteiger partial charge on any atom is 0.214 e. The molecule has 5 nitrogen and oxygen atoms in total. The van der Waals surface area contributed by atoms with E-state index in [1.54, 1.807) is 7.11 Å². The van der Waals surface area contributed by atoms with Gasteiger partial charge in [0.05, 0.1) is 19.3 Å². The van der Waals surface area contributed by atoms with Gasteiger partial charge in [0.1, 0.15) is 5.82 Å². The van der Waals surface area contributed by atoms with Crippen molar-refractivity contribution in [1.29, 1.82) is 0 Å². The summed E-state index contributed by atoms with van der Waals surface area (Å²) in [5, 5.41) is 6.59. The Morgan fingerprint density at radius 3 is 3.18 bits per heavy atom. The van der Waals surface area contributed by atoms with Crippen LogP contribution in [0, 0.1) is 0 Å². The number of nitrogens with one attached hydrogen (secondary N) is 2. The molecule has 0 aromatic carbocycles. The Morgan fingerprint density at radius 1 is 1.53 bits per heavy atom. The van der Waals surface area contributed by atoms with E-state index in [2.05, 4.69) is 22.5 Å². The smallest absolute Gasteiger partial charge is 0.214 e. The molecule has 1 aliphatic heterocycles. The van der Waals surface area contributed by atoms with Crippen molar-refractivity contribution in [3.63, 3.8) is 0 Å². The molecule has 2 heterocycles. The zero-order valence-corrected chi connectivity index (χ0v) is 10.3. The lowest BCUT2D eigenvalue weighted by Crippen LogP contribution is -2.46. The number of hydrogen-bond donors (Lipinski definition) is 2. The first kappa shape index (κ1) is 12.1.